The second kappa shape index (κ2) is 10.8. The highest BCUT2D eigenvalue weighted by molar-refractivity contribution is 7.92. The Balaban J connectivity index is 1.83. The maximum absolute atomic E-state index is 12.5. The number of rotatable bonds is 7. The summed E-state index contributed by atoms with van der Waals surface area (Å²) in [5.41, 5.74) is 0.612. The minimum absolute atomic E-state index is 0.0194. The van der Waals surface area contributed by atoms with Gasteiger partial charge in [0.25, 0.3) is 5.91 Å². The van der Waals surface area contributed by atoms with Crippen molar-refractivity contribution in [2.75, 3.05) is 24.7 Å². The zero-order valence-electron chi connectivity index (χ0n) is 18.5. The van der Waals surface area contributed by atoms with E-state index >= 15 is 0 Å². The molecule has 1 aliphatic heterocycles. The van der Waals surface area contributed by atoms with Gasteiger partial charge in [0.05, 0.1) is 16.8 Å². The maximum Gasteiger partial charge on any atom is 0.326 e. The summed E-state index contributed by atoms with van der Waals surface area (Å²) in [6.45, 7) is 4.09. The van der Waals surface area contributed by atoms with Crippen LogP contribution in [-0.4, -0.2) is 66.4 Å². The third-order valence-corrected chi connectivity index (χ3v) is 7.92. The summed E-state index contributed by atoms with van der Waals surface area (Å²) in [6.07, 6.45) is 2.67. The van der Waals surface area contributed by atoms with E-state index in [1.807, 2.05) is 6.92 Å². The van der Waals surface area contributed by atoms with Gasteiger partial charge in [-0.2, -0.15) is 4.99 Å². The van der Waals surface area contributed by atoms with Crippen molar-refractivity contribution in [2.45, 2.75) is 45.7 Å². The van der Waals surface area contributed by atoms with Gasteiger partial charge in [-0.05, 0) is 51.3 Å². The number of piperidine rings is 1. The lowest BCUT2D eigenvalue weighted by Gasteiger charge is -2.33. The first-order valence-corrected chi connectivity index (χ1v) is 13.6. The second-order valence-electron chi connectivity index (χ2n) is 7.86. The Kier molecular flexibility index (Phi) is 8.30. The topological polar surface area (TPSA) is 115 Å². The van der Waals surface area contributed by atoms with Crippen molar-refractivity contribution in [1.82, 2.24) is 9.47 Å². The number of nitrogens with zero attached hydrogens (tertiary/aromatic N) is 3. The van der Waals surface area contributed by atoms with E-state index in [-0.39, 0.29) is 24.0 Å². The number of hydrogen-bond donors (Lipinski definition) is 0. The van der Waals surface area contributed by atoms with Gasteiger partial charge >= 0.3 is 5.97 Å². The first-order chi connectivity index (χ1) is 15.6. The van der Waals surface area contributed by atoms with Crippen LogP contribution in [0.25, 0.3) is 10.2 Å². The zero-order chi connectivity index (χ0) is 24.2. The highest BCUT2D eigenvalue weighted by Gasteiger charge is 2.28. The Morgan fingerprint density at radius 2 is 2.00 bits per heavy atom. The van der Waals surface area contributed by atoms with E-state index in [2.05, 4.69) is 4.99 Å². The summed E-state index contributed by atoms with van der Waals surface area (Å²) in [7, 11) is -4.01. The summed E-state index contributed by atoms with van der Waals surface area (Å²) in [4.78, 5) is 42.7. The van der Waals surface area contributed by atoms with Crippen LogP contribution in [0, 0.1) is 0 Å². The molecule has 1 fully saturated rings. The van der Waals surface area contributed by atoms with Crippen molar-refractivity contribution < 1.29 is 27.5 Å². The van der Waals surface area contributed by atoms with E-state index in [1.54, 1.807) is 30.0 Å². The maximum atomic E-state index is 12.5. The molecule has 1 aliphatic rings. The molecule has 9 nitrogen and oxygen atoms in total. The smallest absolute Gasteiger partial charge is 0.326 e. The molecule has 1 aromatic carbocycles. The van der Waals surface area contributed by atoms with Crippen LogP contribution < -0.4 is 4.80 Å². The number of carbonyl (C=O) groups is 3. The first-order valence-electron chi connectivity index (χ1n) is 10.6. The Hall–Kier alpha value is -2.24. The van der Waals surface area contributed by atoms with Gasteiger partial charge in [-0.15, -0.1) is 0 Å². The number of likely N-dealkylation sites (tertiary alicyclic amines) is 1. The molecule has 1 aromatic heterocycles. The summed E-state index contributed by atoms with van der Waals surface area (Å²) < 4.78 is 32.2. The number of hydrogen-bond acceptors (Lipinski definition) is 7. The molecule has 0 aliphatic carbocycles. The lowest BCUT2D eigenvalue weighted by molar-refractivity contribution is -0.143. The van der Waals surface area contributed by atoms with Gasteiger partial charge in [-0.25, -0.2) is 8.42 Å². The Bertz CT molecular complexity index is 1230. The highest BCUT2D eigenvalue weighted by Crippen LogP contribution is 2.22. The fraction of sp³-hybridized carbons (Fsp3) is 0.524. The standard InChI is InChI=1S/C21H26ClN3O6S2/c1-3-31-20(28)11-25-16-8-7-15(22)10-17(16)32-21(25)23-18(26)12-33(29,30)13-19(27)24-9-5-4-6-14(24)2/h7-8,10,14H,3-6,9,11-13H2,1-2H3. The molecule has 0 radical (unpaired) electrons. The van der Waals surface area contributed by atoms with Crippen molar-refractivity contribution in [2.24, 2.45) is 4.99 Å². The molecule has 2 amide bonds. The second-order valence-corrected chi connectivity index (χ2v) is 11.4. The molecular formula is C21H26ClN3O6S2. The number of benzene rings is 1. The molecule has 0 saturated carbocycles. The monoisotopic (exact) mass is 515 g/mol. The van der Waals surface area contributed by atoms with Gasteiger partial charge in [0.1, 0.15) is 18.1 Å². The van der Waals surface area contributed by atoms with Crippen LogP contribution in [0.5, 0.6) is 0 Å². The van der Waals surface area contributed by atoms with Crippen molar-refractivity contribution in [3.05, 3.63) is 28.0 Å². The number of amides is 2. The van der Waals surface area contributed by atoms with Gasteiger partial charge in [-0.3, -0.25) is 14.4 Å². The fourth-order valence-electron chi connectivity index (χ4n) is 3.74. The molecular weight excluding hydrogens is 490 g/mol. The predicted octanol–water partition coefficient (Wildman–Crippen LogP) is 2.16. The molecule has 33 heavy (non-hydrogen) atoms. The highest BCUT2D eigenvalue weighted by atomic mass is 35.5. The van der Waals surface area contributed by atoms with Gasteiger partial charge in [0, 0.05) is 17.6 Å². The van der Waals surface area contributed by atoms with Crippen LogP contribution in [-0.2, 0) is 35.5 Å². The van der Waals surface area contributed by atoms with Crippen LogP contribution in [0.3, 0.4) is 0 Å². The molecule has 12 heteroatoms. The molecule has 1 saturated heterocycles. The van der Waals surface area contributed by atoms with E-state index in [4.69, 9.17) is 16.3 Å². The largest absolute Gasteiger partial charge is 0.465 e. The predicted molar refractivity (Wildman–Crippen MR) is 126 cm³/mol. The van der Waals surface area contributed by atoms with E-state index < -0.39 is 39.1 Å². The molecule has 1 atom stereocenters. The third kappa shape index (κ3) is 6.64. The fourth-order valence-corrected chi connectivity index (χ4v) is 6.15. The number of ether oxygens (including phenoxy) is 1. The average molecular weight is 516 g/mol. The number of fused-ring (bicyclic) bond motifs is 1. The first kappa shape index (κ1) is 25.4. The van der Waals surface area contributed by atoms with Crippen LogP contribution in [0.15, 0.2) is 23.2 Å². The van der Waals surface area contributed by atoms with E-state index in [0.29, 0.717) is 21.8 Å². The van der Waals surface area contributed by atoms with Crippen molar-refractivity contribution in [1.29, 1.82) is 0 Å². The molecule has 0 N–H and O–H groups in total. The molecule has 1 unspecified atom stereocenters. The Labute approximate surface area is 200 Å². The van der Waals surface area contributed by atoms with E-state index in [9.17, 15) is 22.8 Å². The lowest BCUT2D eigenvalue weighted by atomic mass is 10.0. The van der Waals surface area contributed by atoms with E-state index in [0.717, 1.165) is 30.6 Å². The van der Waals surface area contributed by atoms with Gasteiger partial charge in [-0.1, -0.05) is 22.9 Å². The van der Waals surface area contributed by atoms with Gasteiger partial charge in [0.15, 0.2) is 14.6 Å². The SMILES string of the molecule is CCOC(=O)Cn1c(=NC(=O)CS(=O)(=O)CC(=O)N2CCCCC2C)sc2cc(Cl)ccc21. The number of halogens is 1. The molecule has 3 rings (SSSR count). The molecule has 180 valence electrons. The van der Waals surface area contributed by atoms with Gasteiger partial charge in [0.2, 0.25) is 5.91 Å². The van der Waals surface area contributed by atoms with Crippen LogP contribution in [0.1, 0.15) is 33.1 Å². The number of aromatic nitrogens is 1. The summed E-state index contributed by atoms with van der Waals surface area (Å²) in [6, 6.07) is 4.98. The van der Waals surface area contributed by atoms with Crippen LogP contribution in [0.2, 0.25) is 5.02 Å². The van der Waals surface area contributed by atoms with Crippen molar-refractivity contribution >= 4 is 60.8 Å². The average Bonchev–Trinajstić information content (AvgIpc) is 3.03. The summed E-state index contributed by atoms with van der Waals surface area (Å²) in [5.74, 6) is -3.55. The number of esters is 1. The minimum Gasteiger partial charge on any atom is -0.465 e. The molecule has 2 aromatic rings. The number of carbonyl (C=O) groups excluding carboxylic acids is 3. The number of sulfone groups is 1. The Morgan fingerprint density at radius 1 is 1.24 bits per heavy atom. The van der Waals surface area contributed by atoms with Crippen LogP contribution in [0.4, 0.5) is 0 Å². The molecule has 2 heterocycles. The van der Waals surface area contributed by atoms with Crippen molar-refractivity contribution in [3.8, 4) is 0 Å². The number of thiazole rings is 1. The lowest BCUT2D eigenvalue weighted by Crippen LogP contribution is -2.45. The molecule has 0 spiro atoms. The summed E-state index contributed by atoms with van der Waals surface area (Å²) in [5, 5.41) is 0.470. The third-order valence-electron chi connectivity index (χ3n) is 5.27. The van der Waals surface area contributed by atoms with Crippen LogP contribution >= 0.6 is 22.9 Å². The van der Waals surface area contributed by atoms with E-state index in [1.165, 1.54) is 4.57 Å². The minimum atomic E-state index is -4.01. The van der Waals surface area contributed by atoms with Crippen molar-refractivity contribution in [3.63, 3.8) is 0 Å². The van der Waals surface area contributed by atoms with Gasteiger partial charge < -0.3 is 14.2 Å². The normalized spacial score (nSPS) is 17.4. The zero-order valence-corrected chi connectivity index (χ0v) is 20.8. The summed E-state index contributed by atoms with van der Waals surface area (Å²) >= 11 is 7.15. The molecule has 0 bridgehead atoms. The quantitative estimate of drug-likeness (QED) is 0.522. The Morgan fingerprint density at radius 3 is 2.70 bits per heavy atom.